The zero-order valence-electron chi connectivity index (χ0n) is 13.1. The molecule has 0 amide bonds. The molecule has 0 saturated heterocycles. The first-order chi connectivity index (χ1) is 11.9. The fraction of sp³-hybridized carbons (Fsp3) is 0.118. The summed E-state index contributed by atoms with van der Waals surface area (Å²) in [6.07, 6.45) is 0. The van der Waals surface area contributed by atoms with E-state index in [-0.39, 0.29) is 17.5 Å². The Hall–Kier alpha value is -2.51. The van der Waals surface area contributed by atoms with Crippen molar-refractivity contribution in [1.29, 1.82) is 0 Å². The molecule has 0 aromatic heterocycles. The molecule has 25 heavy (non-hydrogen) atoms. The maximum atomic E-state index is 12.5. The van der Waals surface area contributed by atoms with Crippen molar-refractivity contribution in [3.05, 3.63) is 58.6 Å². The third-order valence-corrected chi connectivity index (χ3v) is 5.64. The highest BCUT2D eigenvalue weighted by molar-refractivity contribution is 8.00. The number of amidine groups is 1. The van der Waals surface area contributed by atoms with Gasteiger partial charge in [-0.25, -0.2) is 0 Å². The summed E-state index contributed by atoms with van der Waals surface area (Å²) in [4.78, 5) is 0.174. The molecular weight excluding hydrogens is 364 g/mol. The molecule has 6 nitrogen and oxygen atoms in total. The number of ether oxygens (including phenoxy) is 2. The predicted molar refractivity (Wildman–Crippen MR) is 96.6 cm³/mol. The summed E-state index contributed by atoms with van der Waals surface area (Å²) >= 11 is 5.88. The second-order valence-electron chi connectivity index (χ2n) is 5.57. The van der Waals surface area contributed by atoms with Crippen molar-refractivity contribution in [1.82, 2.24) is 0 Å². The van der Waals surface area contributed by atoms with Crippen LogP contribution in [0.4, 0.5) is 5.69 Å². The van der Waals surface area contributed by atoms with Crippen molar-refractivity contribution in [2.24, 2.45) is 4.40 Å². The van der Waals surface area contributed by atoms with Crippen LogP contribution in [0.2, 0.25) is 5.02 Å². The van der Waals surface area contributed by atoms with E-state index in [0.29, 0.717) is 33.3 Å². The Kier molecular flexibility index (Phi) is 3.70. The molecule has 0 saturated carbocycles. The minimum absolute atomic E-state index is 0.174. The van der Waals surface area contributed by atoms with Gasteiger partial charge in [-0.15, -0.1) is 4.40 Å². The van der Waals surface area contributed by atoms with Crippen LogP contribution in [0.5, 0.6) is 11.5 Å². The Labute approximate surface area is 149 Å². The zero-order valence-corrected chi connectivity index (χ0v) is 14.7. The van der Waals surface area contributed by atoms with Gasteiger partial charge in [0.1, 0.15) is 10.7 Å². The molecule has 0 bridgehead atoms. The topological polar surface area (TPSA) is 77.0 Å². The summed E-state index contributed by atoms with van der Waals surface area (Å²) in [5, 5.41) is 3.58. The van der Waals surface area contributed by atoms with Gasteiger partial charge in [-0.05, 0) is 36.8 Å². The molecule has 0 fully saturated rings. The lowest BCUT2D eigenvalue weighted by molar-refractivity contribution is 0.174. The smallest absolute Gasteiger partial charge is 0.285 e. The maximum absolute atomic E-state index is 12.5. The number of rotatable bonds is 2. The lowest BCUT2D eigenvalue weighted by atomic mass is 10.1. The minimum Gasteiger partial charge on any atom is -0.454 e. The first kappa shape index (κ1) is 16.0. The number of halogens is 1. The van der Waals surface area contributed by atoms with Gasteiger partial charge < -0.3 is 14.8 Å². The number of anilines is 1. The molecule has 2 aromatic carbocycles. The molecule has 0 unspecified atom stereocenters. The SMILES string of the molecule is CC1=C(c2ccc(Cl)cc2)S(=O)(=O)N=C1Nc1ccc2c(c1)OCO2. The Bertz CT molecular complexity index is 1030. The first-order valence-electron chi connectivity index (χ1n) is 7.43. The molecule has 2 aliphatic heterocycles. The second-order valence-corrected chi connectivity index (χ2v) is 7.55. The second kappa shape index (κ2) is 5.79. The average Bonchev–Trinajstić information content (AvgIpc) is 3.11. The molecule has 4 rings (SSSR count). The van der Waals surface area contributed by atoms with Gasteiger partial charge in [0.15, 0.2) is 11.5 Å². The van der Waals surface area contributed by atoms with E-state index in [2.05, 4.69) is 9.71 Å². The van der Waals surface area contributed by atoms with Crippen molar-refractivity contribution >= 4 is 38.1 Å². The fourth-order valence-electron chi connectivity index (χ4n) is 2.73. The Balaban J connectivity index is 1.70. The van der Waals surface area contributed by atoms with Crippen molar-refractivity contribution < 1.29 is 17.9 Å². The molecule has 2 aliphatic rings. The van der Waals surface area contributed by atoms with E-state index in [4.69, 9.17) is 21.1 Å². The normalized spacial score (nSPS) is 17.6. The predicted octanol–water partition coefficient (Wildman–Crippen LogP) is 3.65. The summed E-state index contributed by atoms with van der Waals surface area (Å²) in [5.41, 5.74) is 1.75. The summed E-state index contributed by atoms with van der Waals surface area (Å²) in [6.45, 7) is 1.89. The van der Waals surface area contributed by atoms with Crippen molar-refractivity contribution in [2.45, 2.75) is 6.92 Å². The van der Waals surface area contributed by atoms with Crippen LogP contribution in [0, 0.1) is 0 Å². The minimum atomic E-state index is -3.78. The highest BCUT2D eigenvalue weighted by atomic mass is 35.5. The van der Waals surface area contributed by atoms with E-state index in [9.17, 15) is 8.42 Å². The van der Waals surface area contributed by atoms with Gasteiger partial charge in [0.05, 0.1) is 0 Å². The van der Waals surface area contributed by atoms with E-state index in [1.54, 1.807) is 49.4 Å². The number of sulfonamides is 1. The Morgan fingerprint density at radius 3 is 2.56 bits per heavy atom. The molecule has 0 radical (unpaired) electrons. The summed E-state index contributed by atoms with van der Waals surface area (Å²) in [7, 11) is -3.78. The van der Waals surface area contributed by atoms with Crippen LogP contribution in [0.1, 0.15) is 12.5 Å². The number of hydrogen-bond donors (Lipinski definition) is 1. The van der Waals surface area contributed by atoms with Crippen LogP contribution < -0.4 is 14.8 Å². The highest BCUT2D eigenvalue weighted by Crippen LogP contribution is 2.36. The van der Waals surface area contributed by atoms with Gasteiger partial charge in [0.25, 0.3) is 10.0 Å². The number of hydrogen-bond acceptors (Lipinski definition) is 5. The number of nitrogens with zero attached hydrogens (tertiary/aromatic N) is 1. The molecule has 0 atom stereocenters. The quantitative estimate of drug-likeness (QED) is 0.865. The van der Waals surface area contributed by atoms with E-state index >= 15 is 0 Å². The van der Waals surface area contributed by atoms with Crippen molar-refractivity contribution in [2.75, 3.05) is 12.1 Å². The van der Waals surface area contributed by atoms with E-state index in [0.717, 1.165) is 0 Å². The van der Waals surface area contributed by atoms with Crippen LogP contribution in [0.15, 0.2) is 52.4 Å². The molecule has 2 aromatic rings. The third-order valence-electron chi connectivity index (χ3n) is 3.91. The average molecular weight is 377 g/mol. The molecule has 0 spiro atoms. The molecule has 128 valence electrons. The number of fused-ring (bicyclic) bond motifs is 1. The lowest BCUT2D eigenvalue weighted by Gasteiger charge is -2.08. The summed E-state index contributed by atoms with van der Waals surface area (Å²) in [5.74, 6) is 1.54. The van der Waals surface area contributed by atoms with Gasteiger partial charge in [0, 0.05) is 22.3 Å². The Morgan fingerprint density at radius 2 is 1.80 bits per heavy atom. The molecule has 2 heterocycles. The highest BCUT2D eigenvalue weighted by Gasteiger charge is 2.31. The Morgan fingerprint density at radius 1 is 1.08 bits per heavy atom. The third kappa shape index (κ3) is 2.85. The van der Waals surface area contributed by atoms with Crippen LogP contribution in [-0.2, 0) is 10.0 Å². The van der Waals surface area contributed by atoms with Gasteiger partial charge in [-0.2, -0.15) is 8.42 Å². The first-order valence-corrected chi connectivity index (χ1v) is 9.25. The van der Waals surface area contributed by atoms with E-state index < -0.39 is 10.0 Å². The van der Waals surface area contributed by atoms with Crippen molar-refractivity contribution in [3.8, 4) is 11.5 Å². The summed E-state index contributed by atoms with van der Waals surface area (Å²) < 4.78 is 39.4. The molecule has 1 N–H and O–H groups in total. The van der Waals surface area contributed by atoms with E-state index in [1.807, 2.05) is 0 Å². The molecule has 8 heteroatoms. The zero-order chi connectivity index (χ0) is 17.6. The van der Waals surface area contributed by atoms with Crippen LogP contribution in [0.3, 0.4) is 0 Å². The number of nitrogens with one attached hydrogen (secondary N) is 1. The van der Waals surface area contributed by atoms with Gasteiger partial charge >= 0.3 is 0 Å². The van der Waals surface area contributed by atoms with Crippen LogP contribution >= 0.6 is 11.6 Å². The van der Waals surface area contributed by atoms with Crippen LogP contribution in [0.25, 0.3) is 4.91 Å². The fourth-order valence-corrected chi connectivity index (χ4v) is 4.29. The largest absolute Gasteiger partial charge is 0.454 e. The van der Waals surface area contributed by atoms with E-state index in [1.165, 1.54) is 0 Å². The monoisotopic (exact) mass is 376 g/mol. The standard InChI is InChI=1S/C17H13ClN2O4S/c1-10-16(11-2-4-12(18)5-3-11)25(21,22)20-17(10)19-13-6-7-14-15(8-13)24-9-23-14/h2-8H,9H2,1H3,(H,19,20). The maximum Gasteiger partial charge on any atom is 0.285 e. The lowest BCUT2D eigenvalue weighted by Crippen LogP contribution is -2.11. The van der Waals surface area contributed by atoms with Gasteiger partial charge in [-0.1, -0.05) is 23.7 Å². The van der Waals surface area contributed by atoms with Gasteiger partial charge in [0.2, 0.25) is 6.79 Å². The molecular formula is C17H13ClN2O4S. The van der Waals surface area contributed by atoms with Gasteiger partial charge in [-0.3, -0.25) is 0 Å². The van der Waals surface area contributed by atoms with Crippen molar-refractivity contribution in [3.63, 3.8) is 0 Å². The van der Waals surface area contributed by atoms with Crippen LogP contribution in [-0.4, -0.2) is 21.0 Å². The number of benzene rings is 2. The molecule has 0 aliphatic carbocycles. The summed E-state index contributed by atoms with van der Waals surface area (Å²) in [6, 6.07) is 11.9.